The number of nitro benzene ring substituents is 1. The van der Waals surface area contributed by atoms with E-state index in [9.17, 15) is 14.9 Å². The number of nitrogens with zero attached hydrogens (tertiary/aromatic N) is 1. The van der Waals surface area contributed by atoms with E-state index in [1.807, 2.05) is 13.8 Å². The van der Waals surface area contributed by atoms with Crippen molar-refractivity contribution in [3.63, 3.8) is 0 Å². The normalized spacial score (nSPS) is 20.2. The maximum atomic E-state index is 13.5. The van der Waals surface area contributed by atoms with Crippen molar-refractivity contribution in [2.24, 2.45) is 0 Å². The molecule has 0 aliphatic heterocycles. The molecule has 2 aromatic carbocycles. The Morgan fingerprint density at radius 3 is 1.53 bits per heavy atom. The van der Waals surface area contributed by atoms with E-state index >= 15 is 0 Å². The molecule has 0 bridgehead atoms. The minimum absolute atomic E-state index is 0.0169. The standard InChI is InChI=1S/C29H38N2O3.C2H6/c1-26(2)13-15-28(5,6)22-20(26)17-21-23(29(7,8)16-14-27(21,3)4)24(22)30-25(32)18-9-11-19(12-10-18)31(33)34;1-2/h9-12,17H,13-16H2,1-8H3,(H,30,32);1-2H3. The van der Waals surface area contributed by atoms with Crippen LogP contribution < -0.4 is 5.32 Å². The second-order valence-corrected chi connectivity index (χ2v) is 12.9. The van der Waals surface area contributed by atoms with Crippen molar-refractivity contribution >= 4 is 17.3 Å². The van der Waals surface area contributed by atoms with Gasteiger partial charge in [-0.25, -0.2) is 0 Å². The van der Waals surface area contributed by atoms with Gasteiger partial charge < -0.3 is 5.32 Å². The zero-order chi connectivity index (χ0) is 27.3. The van der Waals surface area contributed by atoms with Gasteiger partial charge in [-0.3, -0.25) is 14.9 Å². The summed E-state index contributed by atoms with van der Waals surface area (Å²) < 4.78 is 0. The maximum absolute atomic E-state index is 13.5. The number of amides is 1. The van der Waals surface area contributed by atoms with Crippen molar-refractivity contribution in [3.05, 3.63) is 68.3 Å². The van der Waals surface area contributed by atoms with Gasteiger partial charge in [-0.05, 0) is 81.7 Å². The van der Waals surface area contributed by atoms with Gasteiger partial charge in [0.2, 0.25) is 0 Å². The smallest absolute Gasteiger partial charge is 0.269 e. The molecule has 2 aromatic rings. The fraction of sp³-hybridized carbons (Fsp3) is 0.581. The van der Waals surface area contributed by atoms with E-state index in [1.54, 1.807) is 12.1 Å². The molecule has 0 radical (unpaired) electrons. The molecule has 0 saturated heterocycles. The third-order valence-corrected chi connectivity index (χ3v) is 8.47. The molecule has 1 amide bonds. The van der Waals surface area contributed by atoms with Gasteiger partial charge in [0.15, 0.2) is 0 Å². The summed E-state index contributed by atoms with van der Waals surface area (Å²) in [6, 6.07) is 8.32. The third-order valence-electron chi connectivity index (χ3n) is 8.47. The monoisotopic (exact) mass is 492 g/mol. The number of carbonyl (C=O) groups excluding carboxylic acids is 1. The second-order valence-electron chi connectivity index (χ2n) is 12.9. The van der Waals surface area contributed by atoms with Crippen LogP contribution >= 0.6 is 0 Å². The number of rotatable bonds is 3. The molecular weight excluding hydrogens is 448 g/mol. The minimum atomic E-state index is -0.444. The Bertz CT molecular complexity index is 1120. The van der Waals surface area contributed by atoms with Gasteiger partial charge in [-0.15, -0.1) is 0 Å². The topological polar surface area (TPSA) is 72.2 Å². The Morgan fingerprint density at radius 1 is 0.750 bits per heavy atom. The predicted octanol–water partition coefficient (Wildman–Crippen LogP) is 8.57. The quantitative estimate of drug-likeness (QED) is 0.344. The highest BCUT2D eigenvalue weighted by molar-refractivity contribution is 6.06. The number of fused-ring (bicyclic) bond motifs is 2. The van der Waals surface area contributed by atoms with Crippen LogP contribution in [0.15, 0.2) is 30.3 Å². The Hall–Kier alpha value is -2.69. The van der Waals surface area contributed by atoms with Crippen LogP contribution in [0.25, 0.3) is 0 Å². The SMILES string of the molecule is CC.CC1(C)CCC(C)(C)c2c1cc1c(c2NC(=O)c2ccc([N+](=O)[O-])cc2)C(C)(C)CCC1(C)C. The summed E-state index contributed by atoms with van der Waals surface area (Å²) in [5.41, 5.74) is 6.45. The Balaban J connectivity index is 0.00000176. The van der Waals surface area contributed by atoms with E-state index in [0.717, 1.165) is 31.4 Å². The van der Waals surface area contributed by atoms with Crippen LogP contribution in [0.3, 0.4) is 0 Å². The number of anilines is 1. The first-order valence-electron chi connectivity index (χ1n) is 13.4. The predicted molar refractivity (Wildman–Crippen MR) is 149 cm³/mol. The molecule has 1 N–H and O–H groups in total. The summed E-state index contributed by atoms with van der Waals surface area (Å²) in [6.07, 6.45) is 4.31. The van der Waals surface area contributed by atoms with E-state index in [2.05, 4.69) is 66.8 Å². The third kappa shape index (κ3) is 4.81. The summed E-state index contributed by atoms with van der Waals surface area (Å²) in [5.74, 6) is -0.219. The molecule has 2 aliphatic carbocycles. The van der Waals surface area contributed by atoms with Crippen LogP contribution in [0.5, 0.6) is 0 Å². The molecule has 0 spiro atoms. The second kappa shape index (κ2) is 9.32. The molecule has 2 aliphatic rings. The molecular formula is C31H44N2O3. The number of carbonyl (C=O) groups is 1. The highest BCUT2D eigenvalue weighted by Gasteiger charge is 2.46. The molecule has 5 nitrogen and oxygen atoms in total. The van der Waals surface area contributed by atoms with Gasteiger partial charge in [-0.2, -0.15) is 0 Å². The summed E-state index contributed by atoms with van der Waals surface area (Å²) in [6.45, 7) is 22.4. The Kier molecular flexibility index (Phi) is 7.22. The van der Waals surface area contributed by atoms with Crippen molar-refractivity contribution in [2.45, 2.75) is 117 Å². The van der Waals surface area contributed by atoms with Crippen LogP contribution in [-0.2, 0) is 21.7 Å². The van der Waals surface area contributed by atoms with E-state index in [4.69, 9.17) is 0 Å². The summed E-state index contributed by atoms with van der Waals surface area (Å²) in [7, 11) is 0. The first-order valence-corrected chi connectivity index (χ1v) is 13.4. The van der Waals surface area contributed by atoms with Crippen LogP contribution in [-0.4, -0.2) is 10.8 Å². The first-order chi connectivity index (χ1) is 16.6. The number of nitro groups is 1. The summed E-state index contributed by atoms with van der Waals surface area (Å²) >= 11 is 0. The van der Waals surface area contributed by atoms with Crippen molar-refractivity contribution < 1.29 is 9.72 Å². The average Bonchev–Trinajstić information content (AvgIpc) is 2.81. The average molecular weight is 493 g/mol. The molecule has 0 aromatic heterocycles. The van der Waals surface area contributed by atoms with Crippen LogP contribution in [0, 0.1) is 10.1 Å². The number of hydrogen-bond donors (Lipinski definition) is 1. The highest BCUT2D eigenvalue weighted by Crippen LogP contribution is 2.56. The molecule has 4 rings (SSSR count). The van der Waals surface area contributed by atoms with Gasteiger partial charge in [-0.1, -0.05) is 75.3 Å². The summed E-state index contributed by atoms with van der Waals surface area (Å²) in [5, 5.41) is 14.4. The van der Waals surface area contributed by atoms with Crippen molar-refractivity contribution in [1.29, 1.82) is 0 Å². The van der Waals surface area contributed by atoms with Gasteiger partial charge in [0.25, 0.3) is 11.6 Å². The van der Waals surface area contributed by atoms with E-state index in [-0.39, 0.29) is 33.3 Å². The van der Waals surface area contributed by atoms with E-state index < -0.39 is 4.92 Å². The molecule has 5 heteroatoms. The van der Waals surface area contributed by atoms with Crippen molar-refractivity contribution in [2.75, 3.05) is 5.32 Å². The zero-order valence-corrected chi connectivity index (χ0v) is 23.9. The fourth-order valence-corrected chi connectivity index (χ4v) is 5.97. The molecule has 196 valence electrons. The number of benzene rings is 2. The number of non-ortho nitro benzene ring substituents is 1. The van der Waals surface area contributed by atoms with Gasteiger partial charge >= 0.3 is 0 Å². The first kappa shape index (κ1) is 27.9. The maximum Gasteiger partial charge on any atom is 0.269 e. The van der Waals surface area contributed by atoms with E-state index in [0.29, 0.717) is 5.56 Å². The molecule has 0 saturated carbocycles. The van der Waals surface area contributed by atoms with Gasteiger partial charge in [0.05, 0.1) is 4.92 Å². The van der Waals surface area contributed by atoms with Gasteiger partial charge in [0.1, 0.15) is 0 Å². The highest BCUT2D eigenvalue weighted by atomic mass is 16.6. The lowest BCUT2D eigenvalue weighted by molar-refractivity contribution is -0.384. The Morgan fingerprint density at radius 2 is 1.14 bits per heavy atom. The zero-order valence-electron chi connectivity index (χ0n) is 23.9. The number of hydrogen-bond acceptors (Lipinski definition) is 3. The van der Waals surface area contributed by atoms with Crippen molar-refractivity contribution in [1.82, 2.24) is 0 Å². The van der Waals surface area contributed by atoms with Crippen LogP contribution in [0.2, 0.25) is 0 Å². The molecule has 0 heterocycles. The minimum Gasteiger partial charge on any atom is -0.321 e. The molecule has 0 atom stereocenters. The van der Waals surface area contributed by atoms with Crippen molar-refractivity contribution in [3.8, 4) is 0 Å². The van der Waals surface area contributed by atoms with Crippen LogP contribution in [0.4, 0.5) is 11.4 Å². The lowest BCUT2D eigenvalue weighted by Crippen LogP contribution is -2.41. The largest absolute Gasteiger partial charge is 0.321 e. The van der Waals surface area contributed by atoms with Crippen LogP contribution in [0.1, 0.15) is 128 Å². The Labute approximate surface area is 217 Å². The fourth-order valence-electron chi connectivity index (χ4n) is 5.97. The molecule has 36 heavy (non-hydrogen) atoms. The molecule has 0 unspecified atom stereocenters. The molecule has 0 fully saturated rings. The summed E-state index contributed by atoms with van der Waals surface area (Å²) in [4.78, 5) is 24.2. The van der Waals surface area contributed by atoms with Gasteiger partial charge in [0, 0.05) is 23.4 Å². The lowest BCUT2D eigenvalue weighted by Gasteiger charge is -2.49. The van der Waals surface area contributed by atoms with E-state index in [1.165, 1.54) is 34.4 Å². The number of nitrogens with one attached hydrogen (secondary N) is 1. The lowest BCUT2D eigenvalue weighted by atomic mass is 9.56.